The Morgan fingerprint density at radius 3 is 1.00 bits per heavy atom. The molecule has 8 heavy (non-hydrogen) atoms. The zero-order valence-corrected chi connectivity index (χ0v) is 8.00. The van der Waals surface area contributed by atoms with Crippen LogP contribution in [0.4, 0.5) is 0 Å². The molecule has 0 saturated heterocycles. The van der Waals surface area contributed by atoms with Gasteiger partial charge in [0.15, 0.2) is 17.4 Å². The molecule has 0 bridgehead atoms. The van der Waals surface area contributed by atoms with Gasteiger partial charge in [0, 0.05) is 90.3 Å². The van der Waals surface area contributed by atoms with Gasteiger partial charge in [0.2, 0.25) is 0 Å². The molecule has 0 unspecified atom stereocenters. The normalized spacial score (nSPS) is 0. The van der Waals surface area contributed by atoms with Crippen LogP contribution in [0.25, 0.3) is 0 Å². The average Bonchev–Trinajstić information content (AvgIpc) is 0. The molecule has 0 aromatic rings. The summed E-state index contributed by atoms with van der Waals surface area (Å²) in [4.78, 5) is 0. The zero-order chi connectivity index (χ0) is 0. The molecule has 54 valence electrons. The van der Waals surface area contributed by atoms with Crippen LogP contribution in [-0.2, 0) is 90.3 Å². The van der Waals surface area contributed by atoms with Crippen molar-refractivity contribution in [1.82, 2.24) is 0 Å². The summed E-state index contributed by atoms with van der Waals surface area (Å²) in [5, 5.41) is 0. The van der Waals surface area contributed by atoms with Gasteiger partial charge in [-0.05, 0) is 11.0 Å². The molecule has 0 aliphatic carbocycles. The van der Waals surface area contributed by atoms with E-state index in [9.17, 15) is 0 Å². The molecule has 0 atom stereocenters. The van der Waals surface area contributed by atoms with Crippen LogP contribution >= 0.6 is 0 Å². The molecule has 8 heteroatoms. The molecule has 0 spiro atoms. The third kappa shape index (κ3) is 48.0. The van der Waals surface area contributed by atoms with Crippen molar-refractivity contribution in [1.29, 1.82) is 0 Å². The first-order valence-corrected chi connectivity index (χ1v) is 0. The summed E-state index contributed by atoms with van der Waals surface area (Å²) < 4.78 is 0. The van der Waals surface area contributed by atoms with Crippen LogP contribution in [-0.4, -0.2) is 51.4 Å². The fourth-order valence-corrected chi connectivity index (χ4v) is 0. The van der Waals surface area contributed by atoms with E-state index < -0.39 is 0 Å². The molecular weight excluding hydrogens is 354 g/mol. The second-order valence-electron chi connectivity index (χ2n) is 0. The van der Waals surface area contributed by atoms with Crippen molar-refractivity contribution in [2.24, 2.45) is 0 Å². The van der Waals surface area contributed by atoms with Gasteiger partial charge in [-0.1, -0.05) is 0 Å². The van der Waals surface area contributed by atoms with Crippen LogP contribution in [0.2, 0.25) is 0 Å². The first-order valence-electron chi connectivity index (χ1n) is 0. The average molecular weight is 363 g/mol. The van der Waals surface area contributed by atoms with Crippen molar-refractivity contribution >= 4 is 51.4 Å². The van der Waals surface area contributed by atoms with Crippen LogP contribution in [0.5, 0.6) is 0 Å². The standard InChI is InChI=1S/Al.Cr.Cu.Fe.Mg.Mn.H4Si.Ti.5H/h;;;;;;1H4;;;;;;. The van der Waals surface area contributed by atoms with Crippen molar-refractivity contribution in [3.05, 3.63) is 0 Å². The fraction of sp³-hybridized carbons (Fsp3) is 0. The molecule has 0 amide bonds. The Hall–Kier alpha value is 4.32. The molecule has 0 rings (SSSR count). The number of hydrogen-bond donors (Lipinski definition) is 0. The van der Waals surface area contributed by atoms with E-state index in [0.29, 0.717) is 0 Å². The Kier molecular flexibility index (Phi) is 683. The molecule has 0 N–H and O–H groups in total. The van der Waals surface area contributed by atoms with Gasteiger partial charge in [-0.3, -0.25) is 0 Å². The van der Waals surface area contributed by atoms with Gasteiger partial charge in [-0.25, -0.2) is 0 Å². The Balaban J connectivity index is 0. The zero-order valence-electron chi connectivity index (χ0n) is 1.94. The SMILES string of the molecule is [AlH3].[Cr].[Cu].[Fe].[MgH2].[Mn].[SiH4].[Ti]. The third-order valence-corrected chi connectivity index (χ3v) is 0. The van der Waals surface area contributed by atoms with E-state index in [4.69, 9.17) is 0 Å². The van der Waals surface area contributed by atoms with Crippen LogP contribution < -0.4 is 0 Å². The molecule has 0 saturated carbocycles. The Morgan fingerprint density at radius 2 is 1.00 bits per heavy atom. The van der Waals surface area contributed by atoms with E-state index in [1.165, 1.54) is 0 Å². The van der Waals surface area contributed by atoms with Crippen molar-refractivity contribution in [3.63, 3.8) is 0 Å². The summed E-state index contributed by atoms with van der Waals surface area (Å²) >= 11 is 0. The fourth-order valence-electron chi connectivity index (χ4n) is 0. The first-order chi connectivity index (χ1) is 0. The summed E-state index contributed by atoms with van der Waals surface area (Å²) in [5.41, 5.74) is 0. The summed E-state index contributed by atoms with van der Waals surface area (Å²) in [6.45, 7) is 0. The summed E-state index contributed by atoms with van der Waals surface area (Å²) in [5.74, 6) is 0. The van der Waals surface area contributed by atoms with Gasteiger partial charge >= 0.3 is 23.1 Å². The maximum atomic E-state index is 0. The molecular formula is H9AlCrCuFeMgMnSiTi. The molecule has 2 radical (unpaired) electrons. The second kappa shape index (κ2) is 64.6. The quantitative estimate of drug-likeness (QED) is 0.391. The Morgan fingerprint density at radius 1 is 1.00 bits per heavy atom. The van der Waals surface area contributed by atoms with Crippen molar-refractivity contribution in [2.75, 3.05) is 0 Å². The van der Waals surface area contributed by atoms with Gasteiger partial charge in [-0.15, -0.1) is 0 Å². The maximum absolute atomic E-state index is 0. The third-order valence-electron chi connectivity index (χ3n) is 0. The summed E-state index contributed by atoms with van der Waals surface area (Å²) in [6.07, 6.45) is 0. The minimum atomic E-state index is 0. The molecule has 0 fully saturated rings. The van der Waals surface area contributed by atoms with E-state index >= 15 is 0 Å². The molecule has 0 heterocycles. The van der Waals surface area contributed by atoms with Crippen molar-refractivity contribution in [3.8, 4) is 0 Å². The number of hydrogen-bond acceptors (Lipinski definition) is 0. The van der Waals surface area contributed by atoms with E-state index in [2.05, 4.69) is 0 Å². The van der Waals surface area contributed by atoms with Gasteiger partial charge in [0.05, 0.1) is 0 Å². The second-order valence-corrected chi connectivity index (χ2v) is 0. The first kappa shape index (κ1) is 84.6. The minimum absolute atomic E-state index is 0. The van der Waals surface area contributed by atoms with Crippen molar-refractivity contribution in [2.45, 2.75) is 0 Å². The van der Waals surface area contributed by atoms with Gasteiger partial charge in [0.25, 0.3) is 0 Å². The monoisotopic (exact) mass is 362 g/mol. The largest absolute Gasteiger partial charge is 0.316 e. The smallest absolute Gasteiger partial charge is 0.0149 e. The van der Waals surface area contributed by atoms with E-state index in [1.807, 2.05) is 0 Å². The molecule has 0 aromatic carbocycles. The molecule has 0 nitrogen and oxygen atoms in total. The molecule has 0 aliphatic rings. The van der Waals surface area contributed by atoms with Crippen LogP contribution in [0.1, 0.15) is 0 Å². The van der Waals surface area contributed by atoms with Crippen LogP contribution in [0.15, 0.2) is 0 Å². The summed E-state index contributed by atoms with van der Waals surface area (Å²) in [6, 6.07) is 0. The predicted molar refractivity (Wildman–Crippen MR) is 29.8 cm³/mol. The topological polar surface area (TPSA) is 0 Å². The maximum Gasteiger partial charge on any atom is 0.316 e. The van der Waals surface area contributed by atoms with Crippen molar-refractivity contribution < 1.29 is 90.3 Å². The van der Waals surface area contributed by atoms with E-state index in [-0.39, 0.29) is 142 Å². The Bertz CT molecular complexity index is 24.0. The van der Waals surface area contributed by atoms with Gasteiger partial charge < -0.3 is 0 Å². The van der Waals surface area contributed by atoms with Gasteiger partial charge in [0.1, 0.15) is 0 Å². The van der Waals surface area contributed by atoms with Gasteiger partial charge in [-0.2, -0.15) is 0 Å². The van der Waals surface area contributed by atoms with Crippen LogP contribution in [0.3, 0.4) is 0 Å². The Labute approximate surface area is 139 Å². The molecule has 0 aromatic heterocycles. The minimum Gasteiger partial charge on any atom is -0.0149 e. The van der Waals surface area contributed by atoms with Crippen LogP contribution in [0, 0.1) is 0 Å². The molecule has 0 aliphatic heterocycles. The summed E-state index contributed by atoms with van der Waals surface area (Å²) in [7, 11) is 0. The van der Waals surface area contributed by atoms with E-state index in [1.54, 1.807) is 0 Å². The van der Waals surface area contributed by atoms with E-state index in [0.717, 1.165) is 0 Å². The predicted octanol–water partition coefficient (Wildman–Crippen LogP) is -3.56. The number of rotatable bonds is 0.